The number of anilines is 1. The van der Waals surface area contributed by atoms with E-state index in [-0.39, 0.29) is 5.91 Å². The number of amides is 1. The lowest BCUT2D eigenvalue weighted by Crippen LogP contribution is -2.49. The van der Waals surface area contributed by atoms with Gasteiger partial charge in [0.05, 0.1) is 0 Å². The van der Waals surface area contributed by atoms with Crippen LogP contribution in [0.25, 0.3) is 10.8 Å². The first-order valence-corrected chi connectivity index (χ1v) is 13.2. The molecule has 2 N–H and O–H groups in total. The zero-order chi connectivity index (χ0) is 23.2. The minimum Gasteiger partial charge on any atom is -0.361 e. The second-order valence-electron chi connectivity index (χ2n) is 8.50. The molecule has 1 amide bonds. The average molecular weight is 500 g/mol. The van der Waals surface area contributed by atoms with Gasteiger partial charge in [0, 0.05) is 17.5 Å². The van der Waals surface area contributed by atoms with Crippen LogP contribution < -0.4 is 10.6 Å². The van der Waals surface area contributed by atoms with E-state index in [2.05, 4.69) is 17.6 Å². The van der Waals surface area contributed by atoms with Crippen LogP contribution in [-0.4, -0.2) is 15.9 Å². The first-order valence-electron chi connectivity index (χ1n) is 12.0. The van der Waals surface area contributed by atoms with Crippen LogP contribution in [0.1, 0.15) is 84.0 Å². The molecule has 0 heterocycles. The van der Waals surface area contributed by atoms with E-state index in [4.69, 9.17) is 34.8 Å². The maximum Gasteiger partial charge on any atom is 0.228 e. The zero-order valence-corrected chi connectivity index (χ0v) is 21.4. The smallest absolute Gasteiger partial charge is 0.228 e. The summed E-state index contributed by atoms with van der Waals surface area (Å²) in [5, 5.41) is 8.15. The predicted molar refractivity (Wildman–Crippen MR) is 141 cm³/mol. The van der Waals surface area contributed by atoms with Crippen molar-refractivity contribution < 1.29 is 4.79 Å². The fourth-order valence-corrected chi connectivity index (χ4v) is 4.22. The second-order valence-corrected chi connectivity index (χ2v) is 10.9. The van der Waals surface area contributed by atoms with Crippen LogP contribution in [0.2, 0.25) is 0 Å². The first kappa shape index (κ1) is 27.1. The topological polar surface area (TPSA) is 41.1 Å². The Labute approximate surface area is 208 Å². The molecule has 0 radical (unpaired) electrons. The van der Waals surface area contributed by atoms with Gasteiger partial charge in [-0.05, 0) is 17.9 Å². The lowest BCUT2D eigenvalue weighted by atomic mass is 10.1. The van der Waals surface area contributed by atoms with Crippen LogP contribution in [-0.2, 0) is 4.79 Å². The van der Waals surface area contributed by atoms with Gasteiger partial charge in [0.15, 0.2) is 0 Å². The van der Waals surface area contributed by atoms with Crippen molar-refractivity contribution in [3.05, 3.63) is 42.5 Å². The van der Waals surface area contributed by atoms with Crippen LogP contribution in [0, 0.1) is 0 Å². The Bertz CT molecular complexity index is 802. The van der Waals surface area contributed by atoms with Gasteiger partial charge in [0.1, 0.15) is 6.17 Å². The molecule has 0 saturated heterocycles. The number of benzene rings is 2. The Kier molecular flexibility index (Phi) is 12.6. The minimum atomic E-state index is -1.68. The predicted octanol–water partition coefficient (Wildman–Crippen LogP) is 8.77. The molecular formula is C26H37Cl3N2O. The van der Waals surface area contributed by atoms with Gasteiger partial charge in [-0.3, -0.25) is 4.79 Å². The number of hydrogen-bond acceptors (Lipinski definition) is 2. The van der Waals surface area contributed by atoms with E-state index < -0.39 is 9.96 Å². The van der Waals surface area contributed by atoms with Crippen molar-refractivity contribution in [2.75, 3.05) is 5.32 Å². The van der Waals surface area contributed by atoms with Crippen molar-refractivity contribution in [1.82, 2.24) is 5.32 Å². The Morgan fingerprint density at radius 3 is 2.00 bits per heavy atom. The number of rotatable bonds is 15. The molecule has 0 aliphatic rings. The third-order valence-corrected chi connectivity index (χ3v) is 6.38. The summed E-state index contributed by atoms with van der Waals surface area (Å²) in [5.41, 5.74) is 0.814. The molecular weight excluding hydrogens is 463 g/mol. The van der Waals surface area contributed by atoms with Crippen LogP contribution >= 0.6 is 34.8 Å². The quantitative estimate of drug-likeness (QED) is 0.146. The molecule has 2 aromatic carbocycles. The number of carbonyl (C=O) groups excluding carboxylic acids is 1. The van der Waals surface area contributed by atoms with Crippen LogP contribution in [0.3, 0.4) is 0 Å². The molecule has 3 nitrogen and oxygen atoms in total. The van der Waals surface area contributed by atoms with Gasteiger partial charge in [-0.2, -0.15) is 0 Å². The first-order chi connectivity index (χ1) is 15.4. The van der Waals surface area contributed by atoms with Crippen LogP contribution in [0.5, 0.6) is 0 Å². The molecule has 2 rings (SSSR count). The summed E-state index contributed by atoms with van der Waals surface area (Å²) in [4.78, 5) is 12.5. The Morgan fingerprint density at radius 2 is 1.38 bits per heavy atom. The number of unbranched alkanes of at least 4 members (excludes halogenated alkanes) is 10. The minimum absolute atomic E-state index is 0.106. The van der Waals surface area contributed by atoms with E-state index >= 15 is 0 Å². The average Bonchev–Trinajstić information content (AvgIpc) is 2.76. The third kappa shape index (κ3) is 10.2. The van der Waals surface area contributed by atoms with E-state index in [0.717, 1.165) is 29.3 Å². The summed E-state index contributed by atoms with van der Waals surface area (Å²) in [6.45, 7) is 2.25. The van der Waals surface area contributed by atoms with Gasteiger partial charge >= 0.3 is 0 Å². The van der Waals surface area contributed by atoms with Gasteiger partial charge in [-0.1, -0.05) is 142 Å². The van der Waals surface area contributed by atoms with E-state index in [1.165, 1.54) is 57.8 Å². The maximum atomic E-state index is 12.5. The van der Waals surface area contributed by atoms with Crippen LogP contribution in [0.4, 0.5) is 5.69 Å². The molecule has 1 unspecified atom stereocenters. The molecule has 1 atom stereocenters. The highest BCUT2D eigenvalue weighted by Gasteiger charge is 2.34. The van der Waals surface area contributed by atoms with E-state index in [1.54, 1.807) is 0 Å². The largest absolute Gasteiger partial charge is 0.361 e. The summed E-state index contributed by atoms with van der Waals surface area (Å²) in [7, 11) is 0. The number of hydrogen-bond donors (Lipinski definition) is 2. The highest BCUT2D eigenvalue weighted by Crippen LogP contribution is 2.33. The van der Waals surface area contributed by atoms with Gasteiger partial charge in [0.2, 0.25) is 9.70 Å². The summed E-state index contributed by atoms with van der Waals surface area (Å²) in [5.74, 6) is -0.106. The molecule has 0 saturated carbocycles. The van der Waals surface area contributed by atoms with Gasteiger partial charge in [-0.15, -0.1) is 0 Å². The number of alkyl halides is 3. The van der Waals surface area contributed by atoms with Crippen molar-refractivity contribution in [2.24, 2.45) is 0 Å². The Hall–Kier alpha value is -1.16. The Morgan fingerprint density at radius 1 is 0.812 bits per heavy atom. The fourth-order valence-electron chi connectivity index (χ4n) is 3.89. The van der Waals surface area contributed by atoms with Crippen molar-refractivity contribution >= 4 is 57.2 Å². The monoisotopic (exact) mass is 498 g/mol. The Balaban J connectivity index is 1.71. The number of nitrogens with one attached hydrogen (secondary N) is 2. The van der Waals surface area contributed by atoms with Crippen LogP contribution in [0.15, 0.2) is 42.5 Å². The number of fused-ring (bicyclic) bond motifs is 1. The molecule has 0 aromatic heterocycles. The van der Waals surface area contributed by atoms with Crippen molar-refractivity contribution in [3.63, 3.8) is 0 Å². The molecule has 32 heavy (non-hydrogen) atoms. The van der Waals surface area contributed by atoms with Gasteiger partial charge in [0.25, 0.3) is 0 Å². The second kappa shape index (κ2) is 14.9. The molecule has 2 aromatic rings. The lowest BCUT2D eigenvalue weighted by Gasteiger charge is -2.28. The number of halogens is 3. The normalized spacial score (nSPS) is 12.6. The van der Waals surface area contributed by atoms with E-state index in [9.17, 15) is 4.79 Å². The maximum absolute atomic E-state index is 12.5. The fraction of sp³-hybridized carbons (Fsp3) is 0.577. The zero-order valence-electron chi connectivity index (χ0n) is 19.1. The molecule has 0 bridgehead atoms. The van der Waals surface area contributed by atoms with Gasteiger partial charge in [-0.25, -0.2) is 0 Å². The highest BCUT2D eigenvalue weighted by molar-refractivity contribution is 6.68. The molecule has 6 heteroatoms. The highest BCUT2D eigenvalue weighted by atomic mass is 35.6. The molecule has 0 aliphatic heterocycles. The van der Waals surface area contributed by atoms with Crippen molar-refractivity contribution in [1.29, 1.82) is 0 Å². The standard InChI is InChI=1S/C26H37Cl3N2O/c1-2-3-4-5-6-7-8-9-10-11-12-20-24(32)31-25(26(27,28)29)30-23-19-15-17-21-16-13-14-18-22(21)23/h13-19,25,30H,2-12,20H2,1H3,(H,31,32). The third-order valence-electron chi connectivity index (χ3n) is 5.73. The van der Waals surface area contributed by atoms with Crippen molar-refractivity contribution in [2.45, 2.75) is 93.9 Å². The van der Waals surface area contributed by atoms with E-state index in [1.807, 2.05) is 42.5 Å². The number of carbonyl (C=O) groups is 1. The van der Waals surface area contributed by atoms with E-state index in [0.29, 0.717) is 6.42 Å². The molecule has 0 fully saturated rings. The lowest BCUT2D eigenvalue weighted by molar-refractivity contribution is -0.121. The summed E-state index contributed by atoms with van der Waals surface area (Å²) in [6, 6.07) is 13.8. The molecule has 178 valence electrons. The summed E-state index contributed by atoms with van der Waals surface area (Å²) >= 11 is 18.5. The van der Waals surface area contributed by atoms with Gasteiger partial charge < -0.3 is 10.6 Å². The molecule has 0 spiro atoms. The summed E-state index contributed by atoms with van der Waals surface area (Å²) in [6.07, 6.45) is 13.3. The SMILES string of the molecule is CCCCCCCCCCCCCC(=O)NC(Nc1cccc2ccccc12)C(Cl)(Cl)Cl. The van der Waals surface area contributed by atoms with Crippen molar-refractivity contribution in [3.8, 4) is 0 Å². The summed E-state index contributed by atoms with van der Waals surface area (Å²) < 4.78 is -1.68. The molecule has 0 aliphatic carbocycles.